The van der Waals surface area contributed by atoms with Crippen LogP contribution in [0.1, 0.15) is 17.5 Å². The quantitative estimate of drug-likeness (QED) is 0.907. The molecule has 0 heterocycles. The van der Waals surface area contributed by atoms with Crippen molar-refractivity contribution in [3.8, 4) is 11.8 Å². The normalized spacial score (nSPS) is 19.7. The minimum Gasteiger partial charge on any atom is -0.497 e. The molecule has 0 amide bonds. The highest BCUT2D eigenvalue weighted by Gasteiger charge is 2.39. The van der Waals surface area contributed by atoms with Gasteiger partial charge in [-0.2, -0.15) is 5.26 Å². The van der Waals surface area contributed by atoms with Crippen LogP contribution in [-0.4, -0.2) is 7.11 Å². The van der Waals surface area contributed by atoms with Gasteiger partial charge in [-0.05, 0) is 42.2 Å². The first kappa shape index (κ1) is 14.0. The predicted molar refractivity (Wildman–Crippen MR) is 86.4 cm³/mol. The van der Waals surface area contributed by atoms with E-state index in [-0.39, 0.29) is 0 Å². The fourth-order valence-electron chi connectivity index (χ4n) is 2.88. The average Bonchev–Trinajstić information content (AvgIpc) is 2.88. The number of rotatable bonds is 3. The third-order valence-electron chi connectivity index (χ3n) is 3.95. The minimum atomic E-state index is -0.675. The molecule has 0 saturated heterocycles. The second-order valence-electron chi connectivity index (χ2n) is 5.14. The standard InChI is InChI=1S/C17H15BrN2O/c1-21-13-5-2-4-12(10-13)20-17(11-19)9-8-14-15(17)6-3-7-16(14)18/h2-7,10,20H,8-9H2,1H3. The fourth-order valence-corrected chi connectivity index (χ4v) is 3.45. The van der Waals surface area contributed by atoms with Crippen LogP contribution in [0.25, 0.3) is 0 Å². The zero-order chi connectivity index (χ0) is 14.9. The molecule has 0 fully saturated rings. The Kier molecular flexibility index (Phi) is 3.60. The number of hydrogen-bond donors (Lipinski definition) is 1. The molecule has 3 nitrogen and oxygen atoms in total. The maximum absolute atomic E-state index is 9.78. The van der Waals surface area contributed by atoms with E-state index in [9.17, 15) is 5.26 Å². The number of nitrogens with zero attached hydrogens (tertiary/aromatic N) is 1. The van der Waals surface area contributed by atoms with Crippen molar-refractivity contribution in [1.29, 1.82) is 5.26 Å². The van der Waals surface area contributed by atoms with E-state index < -0.39 is 5.54 Å². The van der Waals surface area contributed by atoms with E-state index in [0.29, 0.717) is 0 Å². The molecule has 1 aliphatic carbocycles. The van der Waals surface area contributed by atoms with Crippen molar-refractivity contribution in [2.45, 2.75) is 18.4 Å². The van der Waals surface area contributed by atoms with Crippen molar-refractivity contribution in [2.75, 3.05) is 12.4 Å². The van der Waals surface area contributed by atoms with Crippen molar-refractivity contribution in [1.82, 2.24) is 0 Å². The van der Waals surface area contributed by atoms with Gasteiger partial charge in [0.25, 0.3) is 0 Å². The Morgan fingerprint density at radius 2 is 2.10 bits per heavy atom. The Bertz CT molecular complexity index is 723. The van der Waals surface area contributed by atoms with Crippen molar-refractivity contribution < 1.29 is 4.74 Å². The Hall–Kier alpha value is -1.99. The Labute approximate surface area is 132 Å². The summed E-state index contributed by atoms with van der Waals surface area (Å²) in [6.45, 7) is 0. The molecule has 1 N–H and O–H groups in total. The number of nitrogens with one attached hydrogen (secondary N) is 1. The summed E-state index contributed by atoms with van der Waals surface area (Å²) in [5, 5.41) is 13.2. The molecule has 1 atom stereocenters. The highest BCUT2D eigenvalue weighted by atomic mass is 79.9. The molecule has 2 aromatic carbocycles. The first-order valence-corrected chi connectivity index (χ1v) is 7.59. The molecule has 0 bridgehead atoms. The molecule has 1 unspecified atom stereocenters. The van der Waals surface area contributed by atoms with Crippen molar-refractivity contribution in [3.63, 3.8) is 0 Å². The average molecular weight is 343 g/mol. The van der Waals surface area contributed by atoms with Crippen LogP contribution < -0.4 is 10.1 Å². The van der Waals surface area contributed by atoms with Crippen LogP contribution in [0.3, 0.4) is 0 Å². The Balaban J connectivity index is 2.01. The molecule has 4 heteroatoms. The lowest BCUT2D eigenvalue weighted by atomic mass is 9.93. The number of ether oxygens (including phenoxy) is 1. The van der Waals surface area contributed by atoms with E-state index in [1.807, 2.05) is 42.5 Å². The minimum absolute atomic E-state index is 0.675. The van der Waals surface area contributed by atoms with Gasteiger partial charge in [0.1, 0.15) is 5.75 Å². The highest BCUT2D eigenvalue weighted by molar-refractivity contribution is 9.10. The van der Waals surface area contributed by atoms with Crippen molar-refractivity contribution >= 4 is 21.6 Å². The molecule has 21 heavy (non-hydrogen) atoms. The molecular weight excluding hydrogens is 328 g/mol. The lowest BCUT2D eigenvalue weighted by Gasteiger charge is -2.25. The summed E-state index contributed by atoms with van der Waals surface area (Å²) < 4.78 is 6.32. The SMILES string of the molecule is COc1cccc(NC2(C#N)CCc3c(Br)cccc32)c1. The van der Waals surface area contributed by atoms with E-state index in [1.54, 1.807) is 7.11 Å². The maximum atomic E-state index is 9.78. The number of anilines is 1. The number of nitriles is 1. The molecule has 0 spiro atoms. The number of fused-ring (bicyclic) bond motifs is 1. The highest BCUT2D eigenvalue weighted by Crippen LogP contribution is 2.42. The van der Waals surface area contributed by atoms with Gasteiger partial charge >= 0.3 is 0 Å². The van der Waals surface area contributed by atoms with Gasteiger partial charge in [0.15, 0.2) is 5.54 Å². The number of methoxy groups -OCH3 is 1. The smallest absolute Gasteiger partial charge is 0.151 e. The van der Waals surface area contributed by atoms with Crippen LogP contribution in [0.15, 0.2) is 46.9 Å². The summed E-state index contributed by atoms with van der Waals surface area (Å²) in [7, 11) is 1.64. The van der Waals surface area contributed by atoms with Gasteiger partial charge in [0.05, 0.1) is 13.2 Å². The molecule has 3 rings (SSSR count). The predicted octanol–water partition coefficient (Wildman–Crippen LogP) is 4.23. The van der Waals surface area contributed by atoms with Gasteiger partial charge in [0, 0.05) is 16.2 Å². The van der Waals surface area contributed by atoms with Gasteiger partial charge < -0.3 is 10.1 Å². The monoisotopic (exact) mass is 342 g/mol. The summed E-state index contributed by atoms with van der Waals surface area (Å²) in [6.07, 6.45) is 1.65. The third kappa shape index (κ3) is 2.38. The fraction of sp³-hybridized carbons (Fsp3) is 0.235. The van der Waals surface area contributed by atoms with Crippen LogP contribution in [0.2, 0.25) is 0 Å². The molecule has 0 aromatic heterocycles. The van der Waals surface area contributed by atoms with Crippen LogP contribution >= 0.6 is 15.9 Å². The number of hydrogen-bond acceptors (Lipinski definition) is 3. The summed E-state index contributed by atoms with van der Waals surface area (Å²) in [5.74, 6) is 0.778. The lowest BCUT2D eigenvalue weighted by Crippen LogP contribution is -2.31. The second-order valence-corrected chi connectivity index (χ2v) is 5.99. The third-order valence-corrected chi connectivity index (χ3v) is 4.69. The Morgan fingerprint density at radius 1 is 1.29 bits per heavy atom. The van der Waals surface area contributed by atoms with E-state index in [2.05, 4.69) is 27.3 Å². The molecule has 1 aliphatic rings. The largest absolute Gasteiger partial charge is 0.497 e. The molecule has 0 aliphatic heterocycles. The van der Waals surface area contributed by atoms with Crippen molar-refractivity contribution in [3.05, 3.63) is 58.1 Å². The first-order valence-electron chi connectivity index (χ1n) is 6.80. The Morgan fingerprint density at radius 3 is 2.86 bits per heavy atom. The van der Waals surface area contributed by atoms with Crippen molar-refractivity contribution in [2.24, 2.45) is 0 Å². The molecular formula is C17H15BrN2O. The number of benzene rings is 2. The van der Waals surface area contributed by atoms with Gasteiger partial charge in [-0.1, -0.05) is 34.1 Å². The summed E-state index contributed by atoms with van der Waals surface area (Å²) in [4.78, 5) is 0. The molecule has 0 radical (unpaired) electrons. The van der Waals surface area contributed by atoms with Gasteiger partial charge in [0.2, 0.25) is 0 Å². The van der Waals surface area contributed by atoms with Gasteiger partial charge in [-0.3, -0.25) is 0 Å². The molecule has 106 valence electrons. The van der Waals surface area contributed by atoms with E-state index in [0.717, 1.165) is 34.3 Å². The molecule has 0 saturated carbocycles. The summed E-state index contributed by atoms with van der Waals surface area (Å²) in [6, 6.07) is 16.2. The van der Waals surface area contributed by atoms with E-state index in [1.165, 1.54) is 5.56 Å². The van der Waals surface area contributed by atoms with Gasteiger partial charge in [-0.15, -0.1) is 0 Å². The maximum Gasteiger partial charge on any atom is 0.151 e. The zero-order valence-corrected chi connectivity index (χ0v) is 13.3. The van der Waals surface area contributed by atoms with Gasteiger partial charge in [-0.25, -0.2) is 0 Å². The number of halogens is 1. The summed E-state index contributed by atoms with van der Waals surface area (Å²) in [5.41, 5.74) is 2.49. The first-order chi connectivity index (χ1) is 10.2. The van der Waals surface area contributed by atoms with Crippen LogP contribution in [0.4, 0.5) is 5.69 Å². The topological polar surface area (TPSA) is 45.0 Å². The second kappa shape index (κ2) is 5.42. The zero-order valence-electron chi connectivity index (χ0n) is 11.7. The van der Waals surface area contributed by atoms with E-state index in [4.69, 9.17) is 4.74 Å². The van der Waals surface area contributed by atoms with Crippen LogP contribution in [0, 0.1) is 11.3 Å². The lowest BCUT2D eigenvalue weighted by molar-refractivity contribution is 0.415. The van der Waals surface area contributed by atoms with Crippen LogP contribution in [0.5, 0.6) is 5.75 Å². The summed E-state index contributed by atoms with van der Waals surface area (Å²) >= 11 is 3.58. The van der Waals surface area contributed by atoms with E-state index >= 15 is 0 Å². The van der Waals surface area contributed by atoms with Crippen LogP contribution in [-0.2, 0) is 12.0 Å². The molecule has 2 aromatic rings.